The zero-order chi connectivity index (χ0) is 14.5. The van der Waals surface area contributed by atoms with Crippen LogP contribution in [0.3, 0.4) is 0 Å². The van der Waals surface area contributed by atoms with E-state index < -0.39 is 0 Å². The van der Waals surface area contributed by atoms with E-state index in [-0.39, 0.29) is 0 Å². The molecule has 1 N–H and O–H groups in total. The number of anilines is 1. The number of aryl methyl sites for hydroxylation is 2. The van der Waals surface area contributed by atoms with E-state index in [1.54, 1.807) is 0 Å². The number of nitrogens with one attached hydrogen (secondary N) is 1. The van der Waals surface area contributed by atoms with Gasteiger partial charge in [-0.25, -0.2) is 0 Å². The van der Waals surface area contributed by atoms with Gasteiger partial charge in [0.05, 0.1) is 6.04 Å². The lowest BCUT2D eigenvalue weighted by molar-refractivity contribution is 0.677. The molecule has 2 aromatic rings. The van der Waals surface area contributed by atoms with Gasteiger partial charge in [-0.2, -0.15) is 0 Å². The van der Waals surface area contributed by atoms with Crippen molar-refractivity contribution in [1.29, 1.82) is 0 Å². The Bertz CT molecular complexity index is 560. The van der Waals surface area contributed by atoms with Crippen LogP contribution in [0.2, 0.25) is 5.02 Å². The van der Waals surface area contributed by atoms with E-state index in [1.165, 1.54) is 22.4 Å². The predicted octanol–water partition coefficient (Wildman–Crippen LogP) is 5.91. The largest absolute Gasteiger partial charge is 0.378 e. The minimum Gasteiger partial charge on any atom is -0.378 e. The molecule has 106 valence electrons. The molecule has 20 heavy (non-hydrogen) atoms. The molecule has 0 aliphatic carbocycles. The van der Waals surface area contributed by atoms with Gasteiger partial charge >= 0.3 is 0 Å². The van der Waals surface area contributed by atoms with E-state index in [9.17, 15) is 0 Å². The molecule has 0 aliphatic heterocycles. The monoisotopic (exact) mass is 287 g/mol. The van der Waals surface area contributed by atoms with Gasteiger partial charge in [0.2, 0.25) is 0 Å². The first-order valence-corrected chi connectivity index (χ1v) is 7.57. The second-order valence-corrected chi connectivity index (χ2v) is 5.79. The molecule has 0 radical (unpaired) electrons. The van der Waals surface area contributed by atoms with E-state index in [0.717, 1.165) is 17.9 Å². The molecule has 2 rings (SSSR count). The van der Waals surface area contributed by atoms with Crippen LogP contribution >= 0.6 is 11.6 Å². The Labute approximate surface area is 127 Å². The van der Waals surface area contributed by atoms with Gasteiger partial charge in [-0.15, -0.1) is 0 Å². The molecular weight excluding hydrogens is 266 g/mol. The highest BCUT2D eigenvalue weighted by atomic mass is 35.5. The number of halogens is 1. The van der Waals surface area contributed by atoms with Crippen molar-refractivity contribution in [3.63, 3.8) is 0 Å². The molecule has 1 unspecified atom stereocenters. The fourth-order valence-corrected chi connectivity index (χ4v) is 2.60. The second kappa shape index (κ2) is 6.81. The normalized spacial score (nSPS) is 12.2. The van der Waals surface area contributed by atoms with Crippen LogP contribution in [0.25, 0.3) is 0 Å². The van der Waals surface area contributed by atoms with Crippen molar-refractivity contribution in [3.05, 3.63) is 64.2 Å². The lowest BCUT2D eigenvalue weighted by Crippen LogP contribution is -2.11. The first kappa shape index (κ1) is 14.9. The highest BCUT2D eigenvalue weighted by molar-refractivity contribution is 6.30. The van der Waals surface area contributed by atoms with Crippen LogP contribution in [0.15, 0.2) is 42.5 Å². The Kier molecular flexibility index (Phi) is 5.08. The molecule has 0 amide bonds. The van der Waals surface area contributed by atoms with Gasteiger partial charge in [0.15, 0.2) is 0 Å². The predicted molar refractivity (Wildman–Crippen MR) is 88.6 cm³/mol. The molecule has 2 heteroatoms. The van der Waals surface area contributed by atoms with Gasteiger partial charge in [-0.05, 0) is 49.6 Å². The Morgan fingerprint density at radius 3 is 2.35 bits per heavy atom. The molecule has 0 heterocycles. The molecule has 1 nitrogen and oxygen atoms in total. The fourth-order valence-electron chi connectivity index (χ4n) is 2.47. The minimum absolute atomic E-state index is 0.332. The van der Waals surface area contributed by atoms with Crippen molar-refractivity contribution in [2.75, 3.05) is 5.32 Å². The molecule has 0 fully saturated rings. The highest BCUT2D eigenvalue weighted by Crippen LogP contribution is 2.27. The van der Waals surface area contributed by atoms with Gasteiger partial charge in [-0.1, -0.05) is 54.8 Å². The van der Waals surface area contributed by atoms with E-state index in [2.05, 4.69) is 56.4 Å². The Balaban J connectivity index is 2.22. The van der Waals surface area contributed by atoms with Crippen LogP contribution in [-0.4, -0.2) is 0 Å². The third-order valence-electron chi connectivity index (χ3n) is 3.56. The maximum atomic E-state index is 5.98. The lowest BCUT2D eigenvalue weighted by atomic mass is 10.0. The highest BCUT2D eigenvalue weighted by Gasteiger charge is 2.11. The summed E-state index contributed by atoms with van der Waals surface area (Å²) in [5.74, 6) is 0. The zero-order valence-electron chi connectivity index (χ0n) is 12.4. The van der Waals surface area contributed by atoms with E-state index in [1.807, 2.05) is 12.1 Å². The van der Waals surface area contributed by atoms with E-state index in [0.29, 0.717) is 6.04 Å². The maximum absolute atomic E-state index is 5.98. The summed E-state index contributed by atoms with van der Waals surface area (Å²) >= 11 is 5.98. The summed E-state index contributed by atoms with van der Waals surface area (Å²) < 4.78 is 0. The first-order valence-electron chi connectivity index (χ1n) is 7.19. The summed E-state index contributed by atoms with van der Waals surface area (Å²) in [5, 5.41) is 4.46. The van der Waals surface area contributed by atoms with Gasteiger partial charge in [-0.3, -0.25) is 0 Å². The van der Waals surface area contributed by atoms with Gasteiger partial charge < -0.3 is 5.32 Å². The van der Waals surface area contributed by atoms with Crippen molar-refractivity contribution in [3.8, 4) is 0 Å². The second-order valence-electron chi connectivity index (χ2n) is 5.36. The lowest BCUT2D eigenvalue weighted by Gasteiger charge is -2.21. The molecule has 0 aromatic heterocycles. The average molecular weight is 288 g/mol. The van der Waals surface area contributed by atoms with Crippen LogP contribution < -0.4 is 5.32 Å². The van der Waals surface area contributed by atoms with Gasteiger partial charge in [0.1, 0.15) is 0 Å². The minimum atomic E-state index is 0.332. The molecule has 2 aromatic carbocycles. The molecular formula is C18H22ClN. The molecule has 0 saturated carbocycles. The molecule has 1 atom stereocenters. The number of rotatable bonds is 5. The molecule has 0 saturated heterocycles. The maximum Gasteiger partial charge on any atom is 0.0513 e. The smallest absolute Gasteiger partial charge is 0.0513 e. The van der Waals surface area contributed by atoms with Crippen LogP contribution in [-0.2, 0) is 0 Å². The SMILES string of the molecule is CCCC(Nc1ccc(C)cc1C)c1ccc(Cl)cc1. The van der Waals surface area contributed by atoms with Crippen molar-refractivity contribution in [2.24, 2.45) is 0 Å². The van der Waals surface area contributed by atoms with Gasteiger partial charge in [0, 0.05) is 10.7 Å². The fraction of sp³-hybridized carbons (Fsp3) is 0.333. The summed E-state index contributed by atoms with van der Waals surface area (Å²) in [4.78, 5) is 0. The van der Waals surface area contributed by atoms with Gasteiger partial charge in [0.25, 0.3) is 0 Å². The topological polar surface area (TPSA) is 12.0 Å². The number of hydrogen-bond acceptors (Lipinski definition) is 1. The van der Waals surface area contributed by atoms with Crippen LogP contribution in [0.4, 0.5) is 5.69 Å². The summed E-state index contributed by atoms with van der Waals surface area (Å²) in [5.41, 5.74) is 5.09. The standard InChI is InChI=1S/C18H22ClN/c1-4-5-18(15-7-9-16(19)10-8-15)20-17-11-6-13(2)12-14(17)3/h6-12,18,20H,4-5H2,1-3H3. The first-order chi connectivity index (χ1) is 9.60. The summed E-state index contributed by atoms with van der Waals surface area (Å²) in [6.45, 7) is 6.49. The molecule has 0 aliphatic rings. The zero-order valence-corrected chi connectivity index (χ0v) is 13.2. The summed E-state index contributed by atoms with van der Waals surface area (Å²) in [7, 11) is 0. The number of hydrogen-bond donors (Lipinski definition) is 1. The Hall–Kier alpha value is -1.47. The third-order valence-corrected chi connectivity index (χ3v) is 3.81. The van der Waals surface area contributed by atoms with Crippen LogP contribution in [0.1, 0.15) is 42.5 Å². The van der Waals surface area contributed by atoms with Crippen LogP contribution in [0, 0.1) is 13.8 Å². The Morgan fingerprint density at radius 2 is 1.75 bits per heavy atom. The molecule has 0 spiro atoms. The van der Waals surface area contributed by atoms with Crippen molar-refractivity contribution in [2.45, 2.75) is 39.7 Å². The quantitative estimate of drug-likeness (QED) is 0.721. The average Bonchev–Trinajstić information content (AvgIpc) is 2.42. The van der Waals surface area contributed by atoms with Crippen LogP contribution in [0.5, 0.6) is 0 Å². The molecule has 0 bridgehead atoms. The number of benzene rings is 2. The third kappa shape index (κ3) is 3.77. The van der Waals surface area contributed by atoms with Crippen molar-refractivity contribution in [1.82, 2.24) is 0 Å². The van der Waals surface area contributed by atoms with Crippen molar-refractivity contribution >= 4 is 17.3 Å². The Morgan fingerprint density at radius 1 is 1.05 bits per heavy atom. The summed E-state index contributed by atoms with van der Waals surface area (Å²) in [6.07, 6.45) is 2.25. The summed E-state index contributed by atoms with van der Waals surface area (Å²) in [6, 6.07) is 15.0. The van der Waals surface area contributed by atoms with E-state index in [4.69, 9.17) is 11.6 Å². The van der Waals surface area contributed by atoms with E-state index >= 15 is 0 Å². The van der Waals surface area contributed by atoms with Crippen molar-refractivity contribution < 1.29 is 0 Å².